The van der Waals surface area contributed by atoms with E-state index in [1.165, 1.54) is 23.6 Å². The van der Waals surface area contributed by atoms with E-state index in [1.54, 1.807) is 0 Å². The lowest BCUT2D eigenvalue weighted by Gasteiger charge is -2.29. The van der Waals surface area contributed by atoms with Crippen LogP contribution in [0.4, 0.5) is 0 Å². The van der Waals surface area contributed by atoms with Gasteiger partial charge in [0, 0.05) is 19.1 Å². The molecule has 1 unspecified atom stereocenters. The van der Waals surface area contributed by atoms with E-state index in [9.17, 15) is 24.3 Å². The van der Waals surface area contributed by atoms with Crippen LogP contribution in [0.2, 0.25) is 0 Å². The number of aliphatic carboxylic acids is 1. The Hall–Kier alpha value is -2.78. The molecule has 4 atom stereocenters. The van der Waals surface area contributed by atoms with Crippen LogP contribution >= 0.6 is 23.5 Å². The summed E-state index contributed by atoms with van der Waals surface area (Å²) in [6.45, 7) is 1.41. The molecule has 0 radical (unpaired) electrons. The Morgan fingerprint density at radius 2 is 1.85 bits per heavy atom. The number of hydrogen-bond acceptors (Lipinski definition) is 6. The molecule has 2 aromatic carbocycles. The number of carboxylic acids is 1. The summed E-state index contributed by atoms with van der Waals surface area (Å²) in [6.07, 6.45) is 0.609. The van der Waals surface area contributed by atoms with Gasteiger partial charge in [0.15, 0.2) is 5.12 Å². The summed E-state index contributed by atoms with van der Waals surface area (Å²) < 4.78 is 0. The normalized spacial score (nSPS) is 22.6. The molecular formula is C24H24N2O5S2. The van der Waals surface area contributed by atoms with E-state index in [0.717, 1.165) is 28.5 Å². The largest absolute Gasteiger partial charge is 0.480 e. The van der Waals surface area contributed by atoms with Gasteiger partial charge in [-0.2, -0.15) is 0 Å². The SMILES string of the molecule is CC(=O)SC(Cc1ccccc1)C(=O)N[C@@H]1Cc2ccccc2[C@H]2SC[C@H](C(=O)O)N2C1=O. The topological polar surface area (TPSA) is 104 Å². The first-order chi connectivity index (χ1) is 15.8. The van der Waals surface area contributed by atoms with E-state index in [4.69, 9.17) is 0 Å². The van der Waals surface area contributed by atoms with Crippen molar-refractivity contribution in [2.45, 2.75) is 42.5 Å². The van der Waals surface area contributed by atoms with E-state index in [1.807, 2.05) is 54.6 Å². The standard InChI is InChI=1S/C24H24N2O5S2/c1-14(27)33-20(11-15-7-3-2-4-8-15)21(28)25-18-12-16-9-5-6-10-17(16)23-26(22(18)29)19(13-32-23)24(30)31/h2-10,18-20,23H,11-13H2,1H3,(H,25,28)(H,30,31)/t18-,19-,20?,23-/m1/s1. The Morgan fingerprint density at radius 1 is 1.15 bits per heavy atom. The number of carboxylic acid groups (broad SMARTS) is 1. The van der Waals surface area contributed by atoms with Gasteiger partial charge in [0.2, 0.25) is 11.8 Å². The maximum absolute atomic E-state index is 13.5. The van der Waals surface area contributed by atoms with Crippen LogP contribution in [-0.4, -0.2) is 56.0 Å². The third kappa shape index (κ3) is 5.09. The van der Waals surface area contributed by atoms with Crippen molar-refractivity contribution in [3.8, 4) is 0 Å². The van der Waals surface area contributed by atoms with Crippen LogP contribution in [0, 0.1) is 0 Å². The molecule has 4 rings (SSSR count). The Balaban J connectivity index is 1.61. The predicted octanol–water partition coefficient (Wildman–Crippen LogP) is 2.65. The second-order valence-corrected chi connectivity index (χ2v) is 10.5. The first-order valence-electron chi connectivity index (χ1n) is 10.6. The van der Waals surface area contributed by atoms with Crippen molar-refractivity contribution in [3.63, 3.8) is 0 Å². The summed E-state index contributed by atoms with van der Waals surface area (Å²) in [4.78, 5) is 51.8. The van der Waals surface area contributed by atoms with Gasteiger partial charge >= 0.3 is 5.97 Å². The molecule has 7 nitrogen and oxygen atoms in total. The van der Waals surface area contributed by atoms with Crippen molar-refractivity contribution in [2.24, 2.45) is 0 Å². The van der Waals surface area contributed by atoms with Gasteiger partial charge in [0.05, 0.1) is 5.25 Å². The molecule has 1 fully saturated rings. The minimum absolute atomic E-state index is 0.189. The highest BCUT2D eigenvalue weighted by molar-refractivity contribution is 8.14. The average Bonchev–Trinajstić information content (AvgIpc) is 3.19. The molecule has 2 N–H and O–H groups in total. The number of hydrogen-bond donors (Lipinski definition) is 2. The Bertz CT molecular complexity index is 1080. The highest BCUT2D eigenvalue weighted by Crippen LogP contribution is 2.45. The monoisotopic (exact) mass is 484 g/mol. The quantitative estimate of drug-likeness (QED) is 0.650. The van der Waals surface area contributed by atoms with Crippen LogP contribution in [-0.2, 0) is 32.0 Å². The zero-order valence-electron chi connectivity index (χ0n) is 18.0. The van der Waals surface area contributed by atoms with Crippen LogP contribution in [0.1, 0.15) is 29.0 Å². The lowest BCUT2D eigenvalue weighted by molar-refractivity contribution is -0.150. The fraction of sp³-hybridized carbons (Fsp3) is 0.333. The molecule has 0 bridgehead atoms. The Labute approximate surface area is 200 Å². The van der Waals surface area contributed by atoms with Crippen molar-refractivity contribution in [3.05, 3.63) is 71.3 Å². The first kappa shape index (κ1) is 23.4. The van der Waals surface area contributed by atoms with Crippen LogP contribution in [0.5, 0.6) is 0 Å². The maximum atomic E-state index is 13.5. The molecule has 2 heterocycles. The third-order valence-corrected chi connectivity index (χ3v) is 8.07. The third-order valence-electron chi connectivity index (χ3n) is 5.76. The van der Waals surface area contributed by atoms with Gasteiger partial charge in [-0.1, -0.05) is 66.4 Å². The number of benzene rings is 2. The molecule has 0 saturated carbocycles. The summed E-state index contributed by atoms with van der Waals surface area (Å²) in [7, 11) is 0. The maximum Gasteiger partial charge on any atom is 0.327 e. The van der Waals surface area contributed by atoms with Crippen molar-refractivity contribution in [1.82, 2.24) is 10.2 Å². The van der Waals surface area contributed by atoms with Gasteiger partial charge in [-0.3, -0.25) is 14.4 Å². The highest BCUT2D eigenvalue weighted by atomic mass is 32.2. The molecule has 9 heteroatoms. The fourth-order valence-electron chi connectivity index (χ4n) is 4.25. The number of nitrogens with one attached hydrogen (secondary N) is 1. The van der Waals surface area contributed by atoms with Gasteiger partial charge in [-0.15, -0.1) is 11.8 Å². The van der Waals surface area contributed by atoms with Crippen molar-refractivity contribution in [1.29, 1.82) is 0 Å². The molecule has 0 spiro atoms. The van der Waals surface area contributed by atoms with Crippen LogP contribution in [0.3, 0.4) is 0 Å². The van der Waals surface area contributed by atoms with Gasteiger partial charge in [-0.05, 0) is 23.1 Å². The van der Waals surface area contributed by atoms with Gasteiger partial charge in [0.1, 0.15) is 17.5 Å². The van der Waals surface area contributed by atoms with Crippen LogP contribution in [0.25, 0.3) is 0 Å². The number of carbonyl (C=O) groups is 4. The summed E-state index contributed by atoms with van der Waals surface area (Å²) in [5, 5.41) is 11.2. The number of fused-ring (bicyclic) bond motifs is 3. The van der Waals surface area contributed by atoms with E-state index in [0.29, 0.717) is 6.42 Å². The van der Waals surface area contributed by atoms with E-state index >= 15 is 0 Å². The number of thioether (sulfide) groups is 2. The molecule has 0 aliphatic carbocycles. The lowest BCUT2D eigenvalue weighted by Crippen LogP contribution is -2.53. The Morgan fingerprint density at radius 3 is 2.55 bits per heavy atom. The smallest absolute Gasteiger partial charge is 0.327 e. The zero-order valence-corrected chi connectivity index (χ0v) is 19.6. The highest BCUT2D eigenvalue weighted by Gasteiger charge is 2.47. The number of rotatable bonds is 6. The summed E-state index contributed by atoms with van der Waals surface area (Å²) in [5.41, 5.74) is 2.71. The number of amides is 2. The van der Waals surface area contributed by atoms with Crippen molar-refractivity contribution < 1.29 is 24.3 Å². The lowest BCUT2D eigenvalue weighted by atomic mass is 10.0. The van der Waals surface area contributed by atoms with Crippen molar-refractivity contribution in [2.75, 3.05) is 5.75 Å². The fourth-order valence-corrected chi connectivity index (χ4v) is 6.59. The molecule has 172 valence electrons. The number of carbonyl (C=O) groups excluding carboxylic acids is 3. The Kier molecular flexibility index (Phi) is 7.09. The van der Waals surface area contributed by atoms with E-state index in [2.05, 4.69) is 5.32 Å². The first-order valence-corrected chi connectivity index (χ1v) is 12.5. The minimum atomic E-state index is -1.06. The van der Waals surface area contributed by atoms with Gasteiger partial charge in [0.25, 0.3) is 0 Å². The second kappa shape index (κ2) is 10.0. The van der Waals surface area contributed by atoms with E-state index < -0.39 is 40.5 Å². The van der Waals surface area contributed by atoms with Gasteiger partial charge < -0.3 is 15.3 Å². The summed E-state index contributed by atoms with van der Waals surface area (Å²) in [5.74, 6) is -1.59. The molecule has 2 aliphatic rings. The molecule has 1 saturated heterocycles. The molecule has 2 aliphatic heterocycles. The average molecular weight is 485 g/mol. The second-order valence-electron chi connectivity index (χ2n) is 8.04. The molecule has 2 aromatic rings. The van der Waals surface area contributed by atoms with E-state index in [-0.39, 0.29) is 17.3 Å². The zero-order chi connectivity index (χ0) is 23.5. The van der Waals surface area contributed by atoms with Gasteiger partial charge in [-0.25, -0.2) is 4.79 Å². The van der Waals surface area contributed by atoms with Crippen LogP contribution < -0.4 is 5.32 Å². The molecule has 0 aromatic heterocycles. The molecule has 33 heavy (non-hydrogen) atoms. The van der Waals surface area contributed by atoms with Crippen molar-refractivity contribution >= 4 is 46.4 Å². The summed E-state index contributed by atoms with van der Waals surface area (Å²) >= 11 is 2.36. The predicted molar refractivity (Wildman–Crippen MR) is 128 cm³/mol. The summed E-state index contributed by atoms with van der Waals surface area (Å²) in [6, 6.07) is 15.1. The van der Waals surface area contributed by atoms with Crippen LogP contribution in [0.15, 0.2) is 54.6 Å². The molecular weight excluding hydrogens is 460 g/mol. The molecule has 2 amide bonds. The minimum Gasteiger partial charge on any atom is -0.480 e. The number of nitrogens with zero attached hydrogens (tertiary/aromatic N) is 1.